The number of nitrogens with zero attached hydrogens (tertiary/aromatic N) is 1. The van der Waals surface area contributed by atoms with Crippen molar-refractivity contribution in [3.05, 3.63) is 58.6 Å². The van der Waals surface area contributed by atoms with Gasteiger partial charge >= 0.3 is 5.97 Å². The summed E-state index contributed by atoms with van der Waals surface area (Å²) in [7, 11) is 0. The van der Waals surface area contributed by atoms with Crippen LogP contribution in [0.2, 0.25) is 5.02 Å². The van der Waals surface area contributed by atoms with E-state index in [2.05, 4.69) is 6.07 Å². The number of benzene rings is 2. The van der Waals surface area contributed by atoms with Crippen LogP contribution in [0.25, 0.3) is 0 Å². The van der Waals surface area contributed by atoms with Crippen molar-refractivity contribution in [1.82, 2.24) is 0 Å². The fourth-order valence-corrected chi connectivity index (χ4v) is 2.77. The van der Waals surface area contributed by atoms with Crippen molar-refractivity contribution in [1.29, 1.82) is 5.26 Å². The fraction of sp³-hybridized carbons (Fsp3) is 0.125. The molecule has 0 atom stereocenters. The first-order valence-corrected chi connectivity index (χ1v) is 7.48. The Morgan fingerprint density at radius 1 is 1.29 bits per heavy atom. The Morgan fingerprint density at radius 3 is 2.62 bits per heavy atom. The lowest BCUT2D eigenvalue weighted by Gasteiger charge is -2.09. The van der Waals surface area contributed by atoms with Gasteiger partial charge in [-0.2, -0.15) is 5.26 Å². The maximum absolute atomic E-state index is 12.0. The second-order valence-corrected chi connectivity index (χ2v) is 5.65. The van der Waals surface area contributed by atoms with E-state index in [-0.39, 0.29) is 0 Å². The minimum atomic E-state index is -0.392. The van der Waals surface area contributed by atoms with E-state index in [1.807, 2.05) is 12.1 Å². The molecule has 0 saturated heterocycles. The van der Waals surface area contributed by atoms with Crippen LogP contribution < -0.4 is 0 Å². The van der Waals surface area contributed by atoms with Gasteiger partial charge in [-0.3, -0.25) is 0 Å². The van der Waals surface area contributed by atoms with Gasteiger partial charge in [0.05, 0.1) is 23.8 Å². The van der Waals surface area contributed by atoms with Crippen LogP contribution in [0.1, 0.15) is 22.8 Å². The Kier molecular flexibility index (Phi) is 5.26. The lowest BCUT2D eigenvalue weighted by Crippen LogP contribution is -2.06. The maximum atomic E-state index is 12.0. The first kappa shape index (κ1) is 15.4. The number of hydrogen-bond donors (Lipinski definition) is 0. The average Bonchev–Trinajstić information content (AvgIpc) is 2.50. The number of ether oxygens (including phenoxy) is 1. The fourth-order valence-electron chi connectivity index (χ4n) is 1.68. The van der Waals surface area contributed by atoms with Crippen LogP contribution in [0.15, 0.2) is 52.3 Å². The molecular formula is C16H12ClNO2S. The van der Waals surface area contributed by atoms with Crippen LogP contribution in [-0.2, 0) is 4.74 Å². The third kappa shape index (κ3) is 4.01. The van der Waals surface area contributed by atoms with E-state index >= 15 is 0 Å². The summed E-state index contributed by atoms with van der Waals surface area (Å²) in [6.45, 7) is 2.07. The summed E-state index contributed by atoms with van der Waals surface area (Å²) >= 11 is 7.38. The number of hydrogen-bond acceptors (Lipinski definition) is 4. The minimum absolute atomic E-state index is 0.312. The second kappa shape index (κ2) is 7.16. The smallest absolute Gasteiger partial charge is 0.339 e. The highest BCUT2D eigenvalue weighted by Crippen LogP contribution is 2.32. The van der Waals surface area contributed by atoms with E-state index in [4.69, 9.17) is 21.6 Å². The molecule has 3 nitrogen and oxygen atoms in total. The zero-order chi connectivity index (χ0) is 15.2. The van der Waals surface area contributed by atoms with Crippen LogP contribution in [-0.4, -0.2) is 12.6 Å². The van der Waals surface area contributed by atoms with Crippen LogP contribution in [0.4, 0.5) is 0 Å². The summed E-state index contributed by atoms with van der Waals surface area (Å²) in [5.41, 5.74) is 1.04. The van der Waals surface area contributed by atoms with E-state index in [0.29, 0.717) is 22.8 Å². The van der Waals surface area contributed by atoms with Crippen molar-refractivity contribution >= 4 is 29.3 Å². The Balaban J connectivity index is 2.30. The van der Waals surface area contributed by atoms with Crippen LogP contribution in [0, 0.1) is 11.3 Å². The molecule has 0 spiro atoms. The van der Waals surface area contributed by atoms with Crippen molar-refractivity contribution in [2.24, 2.45) is 0 Å². The Labute approximate surface area is 132 Å². The van der Waals surface area contributed by atoms with Crippen LogP contribution in [0.3, 0.4) is 0 Å². The van der Waals surface area contributed by atoms with E-state index in [9.17, 15) is 4.79 Å². The van der Waals surface area contributed by atoms with E-state index in [1.54, 1.807) is 37.3 Å². The van der Waals surface area contributed by atoms with Crippen molar-refractivity contribution in [2.45, 2.75) is 16.7 Å². The summed E-state index contributed by atoms with van der Waals surface area (Å²) in [5, 5.41) is 9.28. The Hall–Kier alpha value is -1.96. The number of rotatable bonds is 4. The molecule has 0 aliphatic heterocycles. The minimum Gasteiger partial charge on any atom is -0.462 e. The predicted octanol–water partition coefficient (Wildman–Crippen LogP) is 4.54. The molecule has 0 bridgehead atoms. The molecule has 0 unspecified atom stereocenters. The monoisotopic (exact) mass is 317 g/mol. The van der Waals surface area contributed by atoms with E-state index in [0.717, 1.165) is 9.79 Å². The Bertz CT molecular complexity index is 692. The molecule has 0 heterocycles. The van der Waals surface area contributed by atoms with Crippen LogP contribution in [0.5, 0.6) is 0 Å². The molecule has 5 heteroatoms. The van der Waals surface area contributed by atoms with E-state index in [1.165, 1.54) is 11.8 Å². The van der Waals surface area contributed by atoms with Crippen molar-refractivity contribution in [2.75, 3.05) is 6.61 Å². The van der Waals surface area contributed by atoms with Gasteiger partial charge < -0.3 is 4.74 Å². The van der Waals surface area contributed by atoms with Gasteiger partial charge in [0, 0.05) is 14.8 Å². The molecule has 0 N–H and O–H groups in total. The number of carbonyl (C=O) groups is 1. The third-order valence-electron chi connectivity index (χ3n) is 2.65. The number of nitriles is 1. The van der Waals surface area contributed by atoms with Gasteiger partial charge in [0.2, 0.25) is 0 Å². The molecule has 2 aromatic carbocycles. The molecule has 0 amide bonds. The van der Waals surface area contributed by atoms with Gasteiger partial charge in [0.15, 0.2) is 0 Å². The SMILES string of the molecule is CCOC(=O)c1cc(Cl)ccc1Sc1ccc(C#N)cc1. The molecule has 0 aliphatic rings. The predicted molar refractivity (Wildman–Crippen MR) is 82.7 cm³/mol. The molecule has 0 aromatic heterocycles. The highest BCUT2D eigenvalue weighted by molar-refractivity contribution is 7.99. The standard InChI is InChI=1S/C16H12ClNO2S/c1-2-20-16(19)14-9-12(17)5-8-15(14)21-13-6-3-11(10-18)4-7-13/h3-9H,2H2,1H3. The first-order valence-electron chi connectivity index (χ1n) is 6.28. The van der Waals surface area contributed by atoms with Gasteiger partial charge in [-0.1, -0.05) is 23.4 Å². The van der Waals surface area contributed by atoms with Gasteiger partial charge in [0.25, 0.3) is 0 Å². The summed E-state index contributed by atoms with van der Waals surface area (Å²) in [6.07, 6.45) is 0. The summed E-state index contributed by atoms with van der Waals surface area (Å²) in [5.74, 6) is -0.392. The summed E-state index contributed by atoms with van der Waals surface area (Å²) in [6, 6.07) is 14.4. The summed E-state index contributed by atoms with van der Waals surface area (Å²) in [4.78, 5) is 13.7. The number of halogens is 1. The zero-order valence-corrected chi connectivity index (χ0v) is 12.9. The highest BCUT2D eigenvalue weighted by Gasteiger charge is 2.14. The Morgan fingerprint density at radius 2 is 2.00 bits per heavy atom. The third-order valence-corrected chi connectivity index (χ3v) is 3.97. The zero-order valence-electron chi connectivity index (χ0n) is 11.3. The maximum Gasteiger partial charge on any atom is 0.339 e. The molecule has 0 aliphatic carbocycles. The second-order valence-electron chi connectivity index (χ2n) is 4.10. The van der Waals surface area contributed by atoms with E-state index < -0.39 is 5.97 Å². The topological polar surface area (TPSA) is 50.1 Å². The molecule has 2 rings (SSSR count). The van der Waals surface area contributed by atoms with Gasteiger partial charge in [-0.05, 0) is 49.4 Å². The average molecular weight is 318 g/mol. The van der Waals surface area contributed by atoms with Crippen molar-refractivity contribution in [3.8, 4) is 6.07 Å². The van der Waals surface area contributed by atoms with Crippen molar-refractivity contribution in [3.63, 3.8) is 0 Å². The normalized spacial score (nSPS) is 9.95. The number of carbonyl (C=O) groups excluding carboxylic acids is 1. The quantitative estimate of drug-likeness (QED) is 0.777. The lowest BCUT2D eigenvalue weighted by atomic mass is 10.2. The highest BCUT2D eigenvalue weighted by atomic mass is 35.5. The lowest BCUT2D eigenvalue weighted by molar-refractivity contribution is 0.0522. The first-order chi connectivity index (χ1) is 10.1. The molecule has 106 valence electrons. The molecule has 0 fully saturated rings. The summed E-state index contributed by atoms with van der Waals surface area (Å²) < 4.78 is 5.04. The molecule has 0 radical (unpaired) electrons. The largest absolute Gasteiger partial charge is 0.462 e. The number of esters is 1. The van der Waals surface area contributed by atoms with Crippen molar-refractivity contribution < 1.29 is 9.53 Å². The molecular weight excluding hydrogens is 306 g/mol. The molecule has 2 aromatic rings. The molecule has 0 saturated carbocycles. The molecule has 21 heavy (non-hydrogen) atoms. The van der Waals surface area contributed by atoms with Gasteiger partial charge in [-0.15, -0.1) is 0 Å². The van der Waals surface area contributed by atoms with Gasteiger partial charge in [0.1, 0.15) is 0 Å². The van der Waals surface area contributed by atoms with Crippen LogP contribution >= 0.6 is 23.4 Å². The van der Waals surface area contributed by atoms with Gasteiger partial charge in [-0.25, -0.2) is 4.79 Å².